The van der Waals surface area contributed by atoms with Crippen molar-refractivity contribution in [3.8, 4) is 6.07 Å². The number of anilines is 1. The van der Waals surface area contributed by atoms with Crippen LogP contribution in [0.1, 0.15) is 29.7 Å². The maximum absolute atomic E-state index is 11.2. The molecule has 0 bridgehead atoms. The van der Waals surface area contributed by atoms with Crippen LogP contribution in [0.3, 0.4) is 0 Å². The molecule has 0 radical (unpaired) electrons. The Hall–Kier alpha value is -1.61. The number of pyridine rings is 1. The zero-order chi connectivity index (χ0) is 14.8. The largest absolute Gasteiger partial charge is 0.358 e. The van der Waals surface area contributed by atoms with Gasteiger partial charge in [0.25, 0.3) is 0 Å². The van der Waals surface area contributed by atoms with Crippen LogP contribution < -0.4 is 4.90 Å². The second-order valence-corrected chi connectivity index (χ2v) is 7.60. The van der Waals surface area contributed by atoms with Crippen molar-refractivity contribution < 1.29 is 8.42 Å². The van der Waals surface area contributed by atoms with Crippen LogP contribution in [0.15, 0.2) is 6.07 Å². The van der Waals surface area contributed by atoms with Gasteiger partial charge in [0.1, 0.15) is 21.7 Å². The number of hydrogen-bond acceptors (Lipinski definition) is 5. The van der Waals surface area contributed by atoms with Gasteiger partial charge in [0.05, 0.1) is 11.3 Å². The van der Waals surface area contributed by atoms with Gasteiger partial charge in [0.15, 0.2) is 0 Å². The van der Waals surface area contributed by atoms with Crippen LogP contribution >= 0.6 is 0 Å². The lowest BCUT2D eigenvalue weighted by molar-refractivity contribution is 0.601. The van der Waals surface area contributed by atoms with Crippen molar-refractivity contribution in [2.24, 2.45) is 0 Å². The predicted octanol–water partition coefficient (Wildman–Crippen LogP) is 1.31. The van der Waals surface area contributed by atoms with Gasteiger partial charge in [-0.1, -0.05) is 0 Å². The summed E-state index contributed by atoms with van der Waals surface area (Å²) in [6.45, 7) is 0.347. The van der Waals surface area contributed by atoms with Gasteiger partial charge in [-0.3, -0.25) is 0 Å². The quantitative estimate of drug-likeness (QED) is 0.837. The SMILES string of the molecule is CN(CCS(C)(=O)=O)c1nc2c(cc1C#N)CCCC2. The van der Waals surface area contributed by atoms with E-state index < -0.39 is 9.84 Å². The minimum Gasteiger partial charge on any atom is -0.358 e. The smallest absolute Gasteiger partial charge is 0.149 e. The minimum atomic E-state index is -3.02. The van der Waals surface area contributed by atoms with Crippen molar-refractivity contribution in [1.82, 2.24) is 4.98 Å². The molecule has 0 aromatic carbocycles. The molecule has 0 N–H and O–H groups in total. The van der Waals surface area contributed by atoms with Gasteiger partial charge in [0.2, 0.25) is 0 Å². The van der Waals surface area contributed by atoms with Gasteiger partial charge in [-0.15, -0.1) is 0 Å². The van der Waals surface area contributed by atoms with E-state index in [0.29, 0.717) is 17.9 Å². The molecule has 0 unspecified atom stereocenters. The lowest BCUT2D eigenvalue weighted by Crippen LogP contribution is -2.27. The van der Waals surface area contributed by atoms with E-state index in [1.165, 1.54) is 6.26 Å². The number of fused-ring (bicyclic) bond motifs is 1. The van der Waals surface area contributed by atoms with Gasteiger partial charge in [-0.2, -0.15) is 5.26 Å². The lowest BCUT2D eigenvalue weighted by Gasteiger charge is -2.22. The summed E-state index contributed by atoms with van der Waals surface area (Å²) in [6.07, 6.45) is 5.39. The third kappa shape index (κ3) is 3.48. The van der Waals surface area contributed by atoms with E-state index in [0.717, 1.165) is 36.9 Å². The number of aromatic nitrogens is 1. The number of nitriles is 1. The Balaban J connectivity index is 2.28. The fourth-order valence-electron chi connectivity index (χ4n) is 2.40. The molecule has 0 atom stereocenters. The highest BCUT2D eigenvalue weighted by atomic mass is 32.2. The maximum Gasteiger partial charge on any atom is 0.149 e. The number of hydrogen-bond donors (Lipinski definition) is 0. The summed E-state index contributed by atoms with van der Waals surface area (Å²) in [7, 11) is -1.24. The van der Waals surface area contributed by atoms with Crippen LogP contribution in [0.5, 0.6) is 0 Å². The van der Waals surface area contributed by atoms with Crippen molar-refractivity contribution in [1.29, 1.82) is 5.26 Å². The lowest BCUT2D eigenvalue weighted by atomic mass is 9.95. The molecule has 0 spiro atoms. The Morgan fingerprint density at radius 2 is 2.10 bits per heavy atom. The standard InChI is InChI=1S/C14H19N3O2S/c1-17(7-8-20(2,18)19)14-12(10-15)9-11-5-3-4-6-13(11)16-14/h9H,3-8H2,1-2H3. The molecule has 20 heavy (non-hydrogen) atoms. The fourth-order valence-corrected chi connectivity index (χ4v) is 3.01. The molecule has 1 heterocycles. The van der Waals surface area contributed by atoms with E-state index in [1.54, 1.807) is 11.9 Å². The summed E-state index contributed by atoms with van der Waals surface area (Å²) >= 11 is 0. The van der Waals surface area contributed by atoms with Crippen molar-refractivity contribution in [2.75, 3.05) is 30.5 Å². The maximum atomic E-state index is 11.2. The summed E-state index contributed by atoms with van der Waals surface area (Å²) in [5.74, 6) is 0.657. The Morgan fingerprint density at radius 1 is 1.40 bits per heavy atom. The molecule has 0 saturated heterocycles. The molecule has 0 amide bonds. The zero-order valence-electron chi connectivity index (χ0n) is 11.9. The summed E-state index contributed by atoms with van der Waals surface area (Å²) in [6, 6.07) is 4.08. The topological polar surface area (TPSA) is 74.1 Å². The van der Waals surface area contributed by atoms with Crippen molar-refractivity contribution in [2.45, 2.75) is 25.7 Å². The van der Waals surface area contributed by atoms with Crippen LogP contribution in [-0.2, 0) is 22.7 Å². The highest BCUT2D eigenvalue weighted by molar-refractivity contribution is 7.90. The van der Waals surface area contributed by atoms with E-state index in [4.69, 9.17) is 0 Å². The third-order valence-electron chi connectivity index (χ3n) is 3.56. The first-order valence-corrected chi connectivity index (χ1v) is 8.78. The number of rotatable bonds is 4. The summed E-state index contributed by atoms with van der Waals surface area (Å²) in [5.41, 5.74) is 2.74. The third-order valence-corrected chi connectivity index (χ3v) is 4.48. The molecular formula is C14H19N3O2S. The Bertz CT molecular complexity index is 647. The first-order valence-electron chi connectivity index (χ1n) is 6.72. The molecule has 0 fully saturated rings. The Labute approximate surface area is 120 Å². The summed E-state index contributed by atoms with van der Waals surface area (Å²) < 4.78 is 22.5. The second-order valence-electron chi connectivity index (χ2n) is 5.34. The van der Waals surface area contributed by atoms with Crippen LogP contribution in [-0.4, -0.2) is 39.0 Å². The second kappa shape index (κ2) is 5.80. The highest BCUT2D eigenvalue weighted by Crippen LogP contribution is 2.25. The summed E-state index contributed by atoms with van der Waals surface area (Å²) in [5, 5.41) is 9.26. The molecule has 108 valence electrons. The molecule has 1 aliphatic carbocycles. The van der Waals surface area contributed by atoms with E-state index in [2.05, 4.69) is 11.1 Å². The molecule has 0 aliphatic heterocycles. The van der Waals surface area contributed by atoms with Crippen LogP contribution in [0.2, 0.25) is 0 Å². The van der Waals surface area contributed by atoms with Crippen molar-refractivity contribution >= 4 is 15.7 Å². The van der Waals surface area contributed by atoms with E-state index in [9.17, 15) is 13.7 Å². The molecule has 1 aromatic rings. The first-order chi connectivity index (χ1) is 9.40. The number of aryl methyl sites for hydroxylation is 2. The molecule has 5 nitrogen and oxygen atoms in total. The Kier molecular flexibility index (Phi) is 4.29. The highest BCUT2D eigenvalue weighted by Gasteiger charge is 2.18. The molecule has 6 heteroatoms. The monoisotopic (exact) mass is 293 g/mol. The van der Waals surface area contributed by atoms with Gasteiger partial charge < -0.3 is 4.90 Å². The fraction of sp³-hybridized carbons (Fsp3) is 0.571. The zero-order valence-corrected chi connectivity index (χ0v) is 12.7. The molecule has 1 aromatic heterocycles. The first kappa shape index (κ1) is 14.8. The normalized spacial score (nSPS) is 14.4. The van der Waals surface area contributed by atoms with Gasteiger partial charge in [-0.25, -0.2) is 13.4 Å². The van der Waals surface area contributed by atoms with E-state index in [-0.39, 0.29) is 5.75 Å². The van der Waals surface area contributed by atoms with E-state index >= 15 is 0 Å². The van der Waals surface area contributed by atoms with E-state index in [1.807, 2.05) is 6.07 Å². The predicted molar refractivity (Wildman–Crippen MR) is 78.6 cm³/mol. The van der Waals surface area contributed by atoms with Crippen LogP contribution in [0.4, 0.5) is 5.82 Å². The Morgan fingerprint density at radius 3 is 2.75 bits per heavy atom. The van der Waals surface area contributed by atoms with Crippen LogP contribution in [0.25, 0.3) is 0 Å². The van der Waals surface area contributed by atoms with Crippen molar-refractivity contribution in [3.05, 3.63) is 22.9 Å². The molecule has 0 saturated carbocycles. The number of sulfone groups is 1. The van der Waals surface area contributed by atoms with Gasteiger partial charge in [0, 0.05) is 25.5 Å². The molecular weight excluding hydrogens is 274 g/mol. The summed E-state index contributed by atoms with van der Waals surface area (Å²) in [4.78, 5) is 6.35. The van der Waals surface area contributed by atoms with Crippen LogP contribution in [0, 0.1) is 11.3 Å². The molecule has 1 aliphatic rings. The van der Waals surface area contributed by atoms with Gasteiger partial charge in [-0.05, 0) is 37.3 Å². The van der Waals surface area contributed by atoms with Gasteiger partial charge >= 0.3 is 0 Å². The van der Waals surface area contributed by atoms with Crippen molar-refractivity contribution in [3.63, 3.8) is 0 Å². The number of nitrogens with zero attached hydrogens (tertiary/aromatic N) is 3. The average Bonchev–Trinajstić information content (AvgIpc) is 2.42. The average molecular weight is 293 g/mol. The minimum absolute atomic E-state index is 0.0626. The molecule has 2 rings (SSSR count).